The van der Waals surface area contributed by atoms with Crippen molar-refractivity contribution in [1.82, 2.24) is 14.8 Å². The van der Waals surface area contributed by atoms with Gasteiger partial charge >= 0.3 is 0 Å². The highest BCUT2D eigenvalue weighted by Crippen LogP contribution is 2.13. The van der Waals surface area contributed by atoms with Crippen molar-refractivity contribution in [2.75, 3.05) is 31.9 Å². The molecule has 1 fully saturated rings. The van der Waals surface area contributed by atoms with E-state index in [1.54, 1.807) is 18.3 Å². The zero-order chi connectivity index (χ0) is 13.1. The number of pyridine rings is 1. The number of piperazine rings is 1. The Morgan fingerprint density at radius 3 is 2.94 bits per heavy atom. The molecule has 5 nitrogen and oxygen atoms in total. The van der Waals surface area contributed by atoms with Crippen LogP contribution in [0, 0.1) is 0 Å². The number of carbonyl (C=O) groups excluding carboxylic acids is 1. The third kappa shape index (κ3) is 2.61. The average Bonchev–Trinajstić information content (AvgIpc) is 2.37. The molecule has 2 N–H and O–H groups in total. The number of carbonyl (C=O) groups is 1. The van der Waals surface area contributed by atoms with Crippen LogP contribution in [0.5, 0.6) is 0 Å². The molecular formula is C13H20N4O. The van der Waals surface area contributed by atoms with Gasteiger partial charge in [0.25, 0.3) is 5.91 Å². The first-order valence-corrected chi connectivity index (χ1v) is 6.36. The molecule has 1 aromatic rings. The van der Waals surface area contributed by atoms with Gasteiger partial charge in [-0.3, -0.25) is 14.7 Å². The van der Waals surface area contributed by atoms with E-state index in [-0.39, 0.29) is 5.91 Å². The second kappa shape index (κ2) is 5.35. The molecule has 2 rings (SSSR count). The summed E-state index contributed by atoms with van der Waals surface area (Å²) in [6.45, 7) is 7.76. The van der Waals surface area contributed by atoms with Crippen LogP contribution < -0.4 is 5.73 Å². The Balaban J connectivity index is 2.07. The molecule has 0 bridgehead atoms. The van der Waals surface area contributed by atoms with Gasteiger partial charge in [0.1, 0.15) is 5.69 Å². The Morgan fingerprint density at radius 1 is 1.56 bits per heavy atom. The summed E-state index contributed by atoms with van der Waals surface area (Å²) < 4.78 is 0. The van der Waals surface area contributed by atoms with Crippen molar-refractivity contribution in [3.05, 3.63) is 24.0 Å². The first-order valence-electron chi connectivity index (χ1n) is 6.36. The van der Waals surface area contributed by atoms with Crippen molar-refractivity contribution >= 4 is 11.6 Å². The molecule has 5 heteroatoms. The molecule has 1 unspecified atom stereocenters. The van der Waals surface area contributed by atoms with Crippen molar-refractivity contribution in [2.24, 2.45) is 0 Å². The van der Waals surface area contributed by atoms with Gasteiger partial charge in [-0.1, -0.05) is 6.92 Å². The molecule has 0 spiro atoms. The lowest BCUT2D eigenvalue weighted by Gasteiger charge is -2.39. The van der Waals surface area contributed by atoms with Gasteiger partial charge in [0, 0.05) is 37.6 Å². The first-order chi connectivity index (χ1) is 8.61. The minimum absolute atomic E-state index is 0.0232. The van der Waals surface area contributed by atoms with E-state index in [1.807, 2.05) is 4.90 Å². The molecule has 1 saturated heterocycles. The standard InChI is InChI=1S/C13H20N4O/c1-3-16-6-7-17(9-10(16)2)13(18)12-8-11(14)4-5-15-12/h4-5,8,10H,3,6-7,9H2,1-2H3,(H2,14,15). The number of rotatable bonds is 2. The highest BCUT2D eigenvalue weighted by molar-refractivity contribution is 5.93. The topological polar surface area (TPSA) is 62.5 Å². The molecule has 98 valence electrons. The van der Waals surface area contributed by atoms with Crippen LogP contribution >= 0.6 is 0 Å². The van der Waals surface area contributed by atoms with E-state index in [0.717, 1.165) is 26.2 Å². The van der Waals surface area contributed by atoms with Gasteiger partial charge in [-0.25, -0.2) is 0 Å². The maximum Gasteiger partial charge on any atom is 0.272 e. The van der Waals surface area contributed by atoms with Crippen molar-refractivity contribution in [1.29, 1.82) is 0 Å². The molecule has 1 aliphatic rings. The second-order valence-corrected chi connectivity index (χ2v) is 4.70. The summed E-state index contributed by atoms with van der Waals surface area (Å²) in [7, 11) is 0. The summed E-state index contributed by atoms with van der Waals surface area (Å²) in [6, 6.07) is 3.72. The predicted octanol–water partition coefficient (Wildman–Crippen LogP) is 0.830. The SMILES string of the molecule is CCN1CCN(C(=O)c2cc(N)ccn2)CC1C. The normalized spacial score (nSPS) is 21.0. The zero-order valence-corrected chi connectivity index (χ0v) is 11.0. The van der Waals surface area contributed by atoms with Gasteiger partial charge in [-0.2, -0.15) is 0 Å². The number of nitrogens with zero attached hydrogens (tertiary/aromatic N) is 3. The highest BCUT2D eigenvalue weighted by Gasteiger charge is 2.26. The predicted molar refractivity (Wildman–Crippen MR) is 71.3 cm³/mol. The van der Waals surface area contributed by atoms with Crippen molar-refractivity contribution in [2.45, 2.75) is 19.9 Å². The van der Waals surface area contributed by atoms with Crippen molar-refractivity contribution in [3.8, 4) is 0 Å². The summed E-state index contributed by atoms with van der Waals surface area (Å²) >= 11 is 0. The number of aromatic nitrogens is 1. The maximum absolute atomic E-state index is 12.3. The molecule has 0 aromatic carbocycles. The number of nitrogens with two attached hydrogens (primary N) is 1. The van der Waals surface area contributed by atoms with E-state index in [2.05, 4.69) is 23.7 Å². The lowest BCUT2D eigenvalue weighted by atomic mass is 10.1. The molecule has 1 aromatic heterocycles. The van der Waals surface area contributed by atoms with Gasteiger partial charge in [0.2, 0.25) is 0 Å². The fraction of sp³-hybridized carbons (Fsp3) is 0.538. The molecular weight excluding hydrogens is 228 g/mol. The van der Waals surface area contributed by atoms with Gasteiger partial charge in [0.05, 0.1) is 0 Å². The van der Waals surface area contributed by atoms with Gasteiger partial charge in [0.15, 0.2) is 0 Å². The Labute approximate surface area is 108 Å². The van der Waals surface area contributed by atoms with E-state index in [4.69, 9.17) is 5.73 Å². The Hall–Kier alpha value is -1.62. The first kappa shape index (κ1) is 12.8. The number of anilines is 1. The number of likely N-dealkylation sites (N-methyl/N-ethyl adjacent to an activating group) is 1. The third-order valence-electron chi connectivity index (χ3n) is 3.46. The smallest absolute Gasteiger partial charge is 0.272 e. The van der Waals surface area contributed by atoms with Gasteiger partial charge in [-0.05, 0) is 25.6 Å². The van der Waals surface area contributed by atoms with Crippen LogP contribution in [-0.2, 0) is 0 Å². The number of hydrogen-bond acceptors (Lipinski definition) is 4. The van der Waals surface area contributed by atoms with Crippen molar-refractivity contribution < 1.29 is 4.79 Å². The molecule has 1 atom stereocenters. The van der Waals surface area contributed by atoms with Crippen LogP contribution in [0.1, 0.15) is 24.3 Å². The monoisotopic (exact) mass is 248 g/mol. The maximum atomic E-state index is 12.3. The van der Waals surface area contributed by atoms with Crippen LogP contribution in [0.4, 0.5) is 5.69 Å². The Morgan fingerprint density at radius 2 is 2.33 bits per heavy atom. The largest absolute Gasteiger partial charge is 0.399 e. The average molecular weight is 248 g/mol. The molecule has 0 aliphatic carbocycles. The number of nitrogen functional groups attached to an aromatic ring is 1. The van der Waals surface area contributed by atoms with Crippen LogP contribution in [0.3, 0.4) is 0 Å². The zero-order valence-electron chi connectivity index (χ0n) is 11.0. The lowest BCUT2D eigenvalue weighted by Crippen LogP contribution is -2.53. The van der Waals surface area contributed by atoms with Crippen LogP contribution in [-0.4, -0.2) is 52.9 Å². The fourth-order valence-electron chi connectivity index (χ4n) is 2.38. The molecule has 18 heavy (non-hydrogen) atoms. The summed E-state index contributed by atoms with van der Waals surface area (Å²) in [4.78, 5) is 20.6. The lowest BCUT2D eigenvalue weighted by molar-refractivity contribution is 0.0523. The Bertz CT molecular complexity index is 435. The second-order valence-electron chi connectivity index (χ2n) is 4.70. The van der Waals surface area contributed by atoms with Crippen LogP contribution in [0.2, 0.25) is 0 Å². The summed E-state index contributed by atoms with van der Waals surface area (Å²) in [5.74, 6) is -0.0232. The minimum atomic E-state index is -0.0232. The molecule has 1 aliphatic heterocycles. The molecule has 0 saturated carbocycles. The molecule has 1 amide bonds. The van der Waals surface area contributed by atoms with E-state index < -0.39 is 0 Å². The molecule has 2 heterocycles. The van der Waals surface area contributed by atoms with E-state index in [0.29, 0.717) is 17.4 Å². The van der Waals surface area contributed by atoms with E-state index in [9.17, 15) is 4.79 Å². The fourth-order valence-corrected chi connectivity index (χ4v) is 2.38. The van der Waals surface area contributed by atoms with Crippen LogP contribution in [0.15, 0.2) is 18.3 Å². The third-order valence-corrected chi connectivity index (χ3v) is 3.46. The molecule has 0 radical (unpaired) electrons. The van der Waals surface area contributed by atoms with E-state index in [1.165, 1.54) is 0 Å². The quantitative estimate of drug-likeness (QED) is 0.842. The summed E-state index contributed by atoms with van der Waals surface area (Å²) in [5.41, 5.74) is 6.69. The highest BCUT2D eigenvalue weighted by atomic mass is 16.2. The summed E-state index contributed by atoms with van der Waals surface area (Å²) in [6.07, 6.45) is 1.58. The Kier molecular flexibility index (Phi) is 3.81. The van der Waals surface area contributed by atoms with Crippen LogP contribution in [0.25, 0.3) is 0 Å². The number of hydrogen-bond donors (Lipinski definition) is 1. The summed E-state index contributed by atoms with van der Waals surface area (Å²) in [5, 5.41) is 0. The minimum Gasteiger partial charge on any atom is -0.399 e. The van der Waals surface area contributed by atoms with Crippen molar-refractivity contribution in [3.63, 3.8) is 0 Å². The number of amides is 1. The van der Waals surface area contributed by atoms with Gasteiger partial charge in [-0.15, -0.1) is 0 Å². The van der Waals surface area contributed by atoms with E-state index >= 15 is 0 Å². The van der Waals surface area contributed by atoms with Gasteiger partial charge < -0.3 is 10.6 Å².